The van der Waals surface area contributed by atoms with Crippen LogP contribution < -0.4 is 0 Å². The summed E-state index contributed by atoms with van der Waals surface area (Å²) < 4.78 is 0. The Hall–Kier alpha value is -1.41. The number of rotatable bonds is 4. The van der Waals surface area contributed by atoms with Crippen molar-refractivity contribution in [1.82, 2.24) is 4.98 Å². The molecule has 0 fully saturated rings. The molecule has 2 rings (SSSR count). The average Bonchev–Trinajstić information content (AvgIpc) is 2.34. The molecule has 2 nitrogen and oxygen atoms in total. The molecule has 1 aromatic carbocycles. The Morgan fingerprint density at radius 2 is 1.84 bits per heavy atom. The van der Waals surface area contributed by atoms with E-state index in [2.05, 4.69) is 43.1 Å². The van der Waals surface area contributed by atoms with E-state index >= 15 is 0 Å². The van der Waals surface area contributed by atoms with Crippen LogP contribution in [-0.2, 0) is 6.42 Å². The van der Waals surface area contributed by atoms with Crippen LogP contribution in [0.1, 0.15) is 32.0 Å². The van der Waals surface area contributed by atoms with Crippen LogP contribution in [0.15, 0.2) is 30.3 Å². The Morgan fingerprint density at radius 3 is 2.47 bits per heavy atom. The summed E-state index contributed by atoms with van der Waals surface area (Å²) in [6.07, 6.45) is 0.617. The van der Waals surface area contributed by atoms with Gasteiger partial charge < -0.3 is 5.11 Å². The number of pyridine rings is 1. The van der Waals surface area contributed by atoms with Crippen molar-refractivity contribution in [3.8, 4) is 0 Å². The lowest BCUT2D eigenvalue weighted by Crippen LogP contribution is -2.24. The van der Waals surface area contributed by atoms with Gasteiger partial charge in [0, 0.05) is 11.1 Å². The topological polar surface area (TPSA) is 33.1 Å². The smallest absolute Gasteiger partial charge is 0.0707 e. The van der Waals surface area contributed by atoms with Crippen LogP contribution >= 0.6 is 0 Å². The molecule has 0 aliphatic rings. The molecule has 0 aliphatic heterocycles. The van der Waals surface area contributed by atoms with Crippen LogP contribution in [0.5, 0.6) is 0 Å². The molecule has 2 unspecified atom stereocenters. The molecule has 2 atom stereocenters. The SMILES string of the molecule is Cc1cc(CC(C(C)C)C(C)O)c2ccccc2n1. The van der Waals surface area contributed by atoms with E-state index in [1.54, 1.807) is 0 Å². The zero-order valence-electron chi connectivity index (χ0n) is 12.2. The summed E-state index contributed by atoms with van der Waals surface area (Å²) in [5.41, 5.74) is 3.38. The zero-order valence-corrected chi connectivity index (χ0v) is 12.2. The fourth-order valence-corrected chi connectivity index (χ4v) is 2.78. The molecule has 0 saturated heterocycles. The maximum absolute atomic E-state index is 9.97. The molecule has 19 heavy (non-hydrogen) atoms. The highest BCUT2D eigenvalue weighted by Crippen LogP contribution is 2.26. The summed E-state index contributed by atoms with van der Waals surface area (Å²) in [7, 11) is 0. The van der Waals surface area contributed by atoms with Crippen LogP contribution in [0.3, 0.4) is 0 Å². The van der Waals surface area contributed by atoms with Crippen molar-refractivity contribution in [1.29, 1.82) is 0 Å². The van der Waals surface area contributed by atoms with Crippen LogP contribution in [-0.4, -0.2) is 16.2 Å². The number of aliphatic hydroxyl groups is 1. The normalized spacial score (nSPS) is 14.8. The van der Waals surface area contributed by atoms with E-state index in [0.29, 0.717) is 5.92 Å². The first kappa shape index (κ1) is 14.0. The predicted molar refractivity (Wildman–Crippen MR) is 80.2 cm³/mol. The van der Waals surface area contributed by atoms with Gasteiger partial charge in [0.1, 0.15) is 0 Å². The van der Waals surface area contributed by atoms with Crippen molar-refractivity contribution in [2.45, 2.75) is 40.2 Å². The van der Waals surface area contributed by atoms with Gasteiger partial charge in [0.05, 0.1) is 11.6 Å². The molecule has 1 aromatic heterocycles. The fourth-order valence-electron chi connectivity index (χ4n) is 2.78. The maximum atomic E-state index is 9.97. The Bertz CT molecular complexity index is 552. The summed E-state index contributed by atoms with van der Waals surface area (Å²) in [4.78, 5) is 4.57. The van der Waals surface area contributed by atoms with E-state index in [-0.39, 0.29) is 12.0 Å². The largest absolute Gasteiger partial charge is 0.393 e. The second kappa shape index (κ2) is 5.70. The maximum Gasteiger partial charge on any atom is 0.0707 e. The third kappa shape index (κ3) is 3.13. The van der Waals surface area contributed by atoms with E-state index < -0.39 is 0 Å². The molecule has 0 aliphatic carbocycles. The van der Waals surface area contributed by atoms with E-state index in [1.807, 2.05) is 19.9 Å². The van der Waals surface area contributed by atoms with Crippen LogP contribution in [0.4, 0.5) is 0 Å². The Morgan fingerprint density at radius 1 is 1.16 bits per heavy atom. The van der Waals surface area contributed by atoms with Gasteiger partial charge in [-0.05, 0) is 49.8 Å². The number of para-hydroxylation sites is 1. The highest BCUT2D eigenvalue weighted by molar-refractivity contribution is 5.82. The first-order chi connectivity index (χ1) is 8.99. The highest BCUT2D eigenvalue weighted by atomic mass is 16.3. The van der Waals surface area contributed by atoms with Gasteiger partial charge in [-0.2, -0.15) is 0 Å². The molecule has 1 N–H and O–H groups in total. The average molecular weight is 257 g/mol. The van der Waals surface area contributed by atoms with Gasteiger partial charge in [-0.1, -0.05) is 32.0 Å². The third-order valence-corrected chi connectivity index (χ3v) is 3.86. The van der Waals surface area contributed by atoms with Gasteiger partial charge in [-0.15, -0.1) is 0 Å². The number of benzene rings is 1. The van der Waals surface area contributed by atoms with Crippen molar-refractivity contribution in [2.24, 2.45) is 11.8 Å². The number of nitrogens with zero attached hydrogens (tertiary/aromatic N) is 1. The van der Waals surface area contributed by atoms with Crippen molar-refractivity contribution in [3.63, 3.8) is 0 Å². The Kier molecular flexibility index (Phi) is 4.20. The quantitative estimate of drug-likeness (QED) is 0.905. The minimum Gasteiger partial charge on any atom is -0.393 e. The molecular weight excluding hydrogens is 234 g/mol. The summed E-state index contributed by atoms with van der Waals surface area (Å²) >= 11 is 0. The van der Waals surface area contributed by atoms with Crippen molar-refractivity contribution < 1.29 is 5.11 Å². The molecule has 0 amide bonds. The molecule has 0 saturated carbocycles. The van der Waals surface area contributed by atoms with E-state index in [0.717, 1.165) is 17.6 Å². The Labute approximate surface area is 115 Å². The summed E-state index contributed by atoms with van der Waals surface area (Å²) in [6.45, 7) is 8.27. The molecule has 0 bridgehead atoms. The molecule has 2 aromatic rings. The van der Waals surface area contributed by atoms with Crippen molar-refractivity contribution >= 4 is 10.9 Å². The Balaban J connectivity index is 2.44. The molecule has 2 heteroatoms. The van der Waals surface area contributed by atoms with Gasteiger partial charge in [0.25, 0.3) is 0 Å². The molecule has 1 heterocycles. The number of hydrogen-bond donors (Lipinski definition) is 1. The lowest BCUT2D eigenvalue weighted by Gasteiger charge is -2.24. The summed E-state index contributed by atoms with van der Waals surface area (Å²) in [5.74, 6) is 0.748. The van der Waals surface area contributed by atoms with Crippen molar-refractivity contribution in [2.75, 3.05) is 0 Å². The van der Waals surface area contributed by atoms with Gasteiger partial charge in [0.15, 0.2) is 0 Å². The van der Waals surface area contributed by atoms with Gasteiger partial charge in [0.2, 0.25) is 0 Å². The van der Waals surface area contributed by atoms with Crippen LogP contribution in [0.2, 0.25) is 0 Å². The van der Waals surface area contributed by atoms with E-state index in [4.69, 9.17) is 0 Å². The zero-order chi connectivity index (χ0) is 14.0. The molecule has 102 valence electrons. The lowest BCUT2D eigenvalue weighted by molar-refractivity contribution is 0.0979. The van der Waals surface area contributed by atoms with Crippen LogP contribution in [0.25, 0.3) is 10.9 Å². The van der Waals surface area contributed by atoms with Crippen LogP contribution in [0, 0.1) is 18.8 Å². The lowest BCUT2D eigenvalue weighted by atomic mass is 9.84. The number of aliphatic hydroxyl groups excluding tert-OH is 1. The van der Waals surface area contributed by atoms with Gasteiger partial charge in [-0.25, -0.2) is 0 Å². The minimum absolute atomic E-state index is 0.283. The summed E-state index contributed by atoms with van der Waals surface area (Å²) in [5, 5.41) is 11.2. The molecule has 0 radical (unpaired) electrons. The second-order valence-electron chi connectivity index (χ2n) is 5.79. The second-order valence-corrected chi connectivity index (χ2v) is 5.79. The molecule has 0 spiro atoms. The number of aryl methyl sites for hydroxylation is 1. The summed E-state index contributed by atoms with van der Waals surface area (Å²) in [6, 6.07) is 10.4. The third-order valence-electron chi connectivity index (χ3n) is 3.86. The molecular formula is C17H23NO. The first-order valence-electron chi connectivity index (χ1n) is 7.02. The standard InChI is InChI=1S/C17H23NO/c1-11(2)16(13(4)19)10-14-9-12(3)18-17-8-6-5-7-15(14)17/h5-9,11,13,16,19H,10H2,1-4H3. The van der Waals surface area contributed by atoms with E-state index in [1.165, 1.54) is 10.9 Å². The number of aromatic nitrogens is 1. The number of hydrogen-bond acceptors (Lipinski definition) is 2. The monoisotopic (exact) mass is 257 g/mol. The van der Waals surface area contributed by atoms with Gasteiger partial charge >= 0.3 is 0 Å². The van der Waals surface area contributed by atoms with E-state index in [9.17, 15) is 5.11 Å². The van der Waals surface area contributed by atoms with Crippen molar-refractivity contribution in [3.05, 3.63) is 41.6 Å². The minimum atomic E-state index is -0.285. The predicted octanol–water partition coefficient (Wildman–Crippen LogP) is 3.74. The highest BCUT2D eigenvalue weighted by Gasteiger charge is 2.20. The first-order valence-corrected chi connectivity index (χ1v) is 7.02. The number of fused-ring (bicyclic) bond motifs is 1. The van der Waals surface area contributed by atoms with Gasteiger partial charge in [-0.3, -0.25) is 4.98 Å². The fraction of sp³-hybridized carbons (Fsp3) is 0.471.